The molecule has 0 aromatic heterocycles. The van der Waals surface area contributed by atoms with Crippen molar-refractivity contribution in [2.45, 2.75) is 44.6 Å². The van der Waals surface area contributed by atoms with Gasteiger partial charge in [-0.2, -0.15) is 0 Å². The molecule has 0 spiro atoms. The lowest BCUT2D eigenvalue weighted by molar-refractivity contribution is 0.201. The van der Waals surface area contributed by atoms with Gasteiger partial charge in [-0.1, -0.05) is 25.7 Å². The lowest BCUT2D eigenvalue weighted by Crippen LogP contribution is -2.18. The molecule has 1 saturated carbocycles. The number of anilines is 1. The third kappa shape index (κ3) is 4.22. The van der Waals surface area contributed by atoms with Crippen LogP contribution in [0.1, 0.15) is 38.5 Å². The molecular weight excluding hydrogens is 226 g/mol. The van der Waals surface area contributed by atoms with Gasteiger partial charge in [0.2, 0.25) is 0 Å². The maximum Gasteiger partial charge on any atom is 0.119 e. The Morgan fingerprint density at radius 3 is 2.33 bits per heavy atom. The van der Waals surface area contributed by atoms with Crippen LogP contribution in [0.5, 0.6) is 5.75 Å². The smallest absolute Gasteiger partial charge is 0.119 e. The van der Waals surface area contributed by atoms with Crippen molar-refractivity contribution in [2.24, 2.45) is 0 Å². The molecule has 0 unspecified atom stereocenters. The molecule has 0 atom stereocenters. The minimum absolute atomic E-state index is 0.0576. The minimum Gasteiger partial charge on any atom is -0.491 e. The molecule has 1 aromatic rings. The van der Waals surface area contributed by atoms with Crippen LogP contribution < -0.4 is 10.1 Å². The van der Waals surface area contributed by atoms with E-state index < -0.39 is 0 Å². The van der Waals surface area contributed by atoms with Crippen LogP contribution in [-0.4, -0.2) is 24.4 Å². The Morgan fingerprint density at radius 1 is 1.06 bits per heavy atom. The number of rotatable bonds is 5. The molecule has 1 fully saturated rings. The number of aliphatic hydroxyl groups is 1. The van der Waals surface area contributed by atoms with Crippen molar-refractivity contribution < 1.29 is 9.84 Å². The van der Waals surface area contributed by atoms with E-state index in [1.165, 1.54) is 44.2 Å². The average Bonchev–Trinajstić information content (AvgIpc) is 2.67. The maximum atomic E-state index is 8.69. The van der Waals surface area contributed by atoms with Gasteiger partial charge in [-0.05, 0) is 37.1 Å². The third-order valence-corrected chi connectivity index (χ3v) is 3.44. The molecule has 0 saturated heterocycles. The molecule has 1 aliphatic rings. The highest BCUT2D eigenvalue weighted by Crippen LogP contribution is 2.22. The molecule has 1 aromatic carbocycles. The first kappa shape index (κ1) is 13.2. The Bertz CT molecular complexity index is 329. The molecule has 0 amide bonds. The normalized spacial score (nSPS) is 17.2. The van der Waals surface area contributed by atoms with Crippen LogP contribution in [0, 0.1) is 0 Å². The molecule has 1 aliphatic carbocycles. The van der Waals surface area contributed by atoms with Gasteiger partial charge < -0.3 is 15.2 Å². The number of hydrogen-bond donors (Lipinski definition) is 2. The Morgan fingerprint density at radius 2 is 1.72 bits per heavy atom. The number of aliphatic hydroxyl groups excluding tert-OH is 1. The summed E-state index contributed by atoms with van der Waals surface area (Å²) in [6.45, 7) is 0.414. The highest BCUT2D eigenvalue weighted by Gasteiger charge is 2.11. The fourth-order valence-electron chi connectivity index (χ4n) is 2.47. The molecule has 2 rings (SSSR count). The summed E-state index contributed by atoms with van der Waals surface area (Å²) < 4.78 is 5.34. The van der Waals surface area contributed by atoms with Crippen LogP contribution in [-0.2, 0) is 0 Å². The monoisotopic (exact) mass is 249 g/mol. The second-order valence-electron chi connectivity index (χ2n) is 4.93. The van der Waals surface area contributed by atoms with Crippen molar-refractivity contribution in [2.75, 3.05) is 18.5 Å². The van der Waals surface area contributed by atoms with Crippen molar-refractivity contribution >= 4 is 5.69 Å². The number of hydrogen-bond acceptors (Lipinski definition) is 3. The van der Waals surface area contributed by atoms with Crippen molar-refractivity contribution in [1.29, 1.82) is 0 Å². The van der Waals surface area contributed by atoms with Gasteiger partial charge >= 0.3 is 0 Å². The second-order valence-corrected chi connectivity index (χ2v) is 4.93. The van der Waals surface area contributed by atoms with Crippen LogP contribution in [0.3, 0.4) is 0 Å². The number of nitrogens with one attached hydrogen (secondary N) is 1. The van der Waals surface area contributed by atoms with Crippen LogP contribution in [0.15, 0.2) is 24.3 Å². The summed E-state index contributed by atoms with van der Waals surface area (Å²) in [6.07, 6.45) is 8.01. The zero-order valence-corrected chi connectivity index (χ0v) is 10.9. The van der Waals surface area contributed by atoms with Gasteiger partial charge in [-0.25, -0.2) is 0 Å². The first-order valence-corrected chi connectivity index (χ1v) is 6.99. The fourth-order valence-corrected chi connectivity index (χ4v) is 2.47. The van der Waals surface area contributed by atoms with Crippen LogP contribution in [0.2, 0.25) is 0 Å². The van der Waals surface area contributed by atoms with E-state index in [1.54, 1.807) is 0 Å². The molecular formula is C15H23NO2. The van der Waals surface area contributed by atoms with E-state index >= 15 is 0 Å². The van der Waals surface area contributed by atoms with Gasteiger partial charge in [0, 0.05) is 11.7 Å². The van der Waals surface area contributed by atoms with E-state index in [1.807, 2.05) is 12.1 Å². The highest BCUT2D eigenvalue weighted by molar-refractivity contribution is 5.47. The lowest BCUT2D eigenvalue weighted by Gasteiger charge is -2.17. The largest absolute Gasteiger partial charge is 0.491 e. The first-order valence-electron chi connectivity index (χ1n) is 6.99. The van der Waals surface area contributed by atoms with Crippen molar-refractivity contribution in [3.63, 3.8) is 0 Å². The van der Waals surface area contributed by atoms with E-state index in [4.69, 9.17) is 9.84 Å². The van der Waals surface area contributed by atoms with E-state index in [0.29, 0.717) is 12.6 Å². The molecule has 0 bridgehead atoms. The van der Waals surface area contributed by atoms with Gasteiger partial charge in [-0.3, -0.25) is 0 Å². The van der Waals surface area contributed by atoms with Crippen LogP contribution in [0.4, 0.5) is 5.69 Å². The van der Waals surface area contributed by atoms with Crippen molar-refractivity contribution in [1.82, 2.24) is 0 Å². The summed E-state index contributed by atoms with van der Waals surface area (Å²) in [7, 11) is 0. The quantitative estimate of drug-likeness (QED) is 0.787. The van der Waals surface area contributed by atoms with E-state index in [-0.39, 0.29) is 6.61 Å². The number of ether oxygens (including phenoxy) is 1. The Labute approximate surface area is 109 Å². The molecule has 0 aliphatic heterocycles. The summed E-state index contributed by atoms with van der Waals surface area (Å²) >= 11 is 0. The average molecular weight is 249 g/mol. The molecule has 3 heteroatoms. The van der Waals surface area contributed by atoms with Gasteiger partial charge in [0.25, 0.3) is 0 Å². The topological polar surface area (TPSA) is 41.5 Å². The third-order valence-electron chi connectivity index (χ3n) is 3.44. The molecule has 2 N–H and O–H groups in total. The van der Waals surface area contributed by atoms with Crippen molar-refractivity contribution in [3.05, 3.63) is 24.3 Å². The predicted octanol–water partition coefficient (Wildman–Crippen LogP) is 3.19. The summed E-state index contributed by atoms with van der Waals surface area (Å²) in [5.74, 6) is 0.815. The Balaban J connectivity index is 1.84. The SMILES string of the molecule is OCCOc1ccc(NC2CCCCCC2)cc1. The predicted molar refractivity (Wildman–Crippen MR) is 74.1 cm³/mol. The molecule has 3 nitrogen and oxygen atoms in total. The summed E-state index contributed by atoms with van der Waals surface area (Å²) in [5, 5.41) is 12.3. The Kier molecular flexibility index (Phi) is 5.34. The lowest BCUT2D eigenvalue weighted by atomic mass is 10.1. The van der Waals surface area contributed by atoms with Gasteiger partial charge in [0.05, 0.1) is 6.61 Å². The number of benzene rings is 1. The molecule has 0 heterocycles. The summed E-state index contributed by atoms with van der Waals surface area (Å²) in [5.41, 5.74) is 1.17. The fraction of sp³-hybridized carbons (Fsp3) is 0.600. The summed E-state index contributed by atoms with van der Waals surface area (Å²) in [6, 6.07) is 8.63. The molecule has 0 radical (unpaired) electrons. The molecule has 18 heavy (non-hydrogen) atoms. The zero-order valence-electron chi connectivity index (χ0n) is 10.9. The van der Waals surface area contributed by atoms with E-state index in [2.05, 4.69) is 17.4 Å². The summed E-state index contributed by atoms with van der Waals surface area (Å²) in [4.78, 5) is 0. The van der Waals surface area contributed by atoms with E-state index in [0.717, 1.165) is 5.75 Å². The standard InChI is InChI=1S/C15H23NO2/c17-11-12-18-15-9-7-14(8-10-15)16-13-5-3-1-2-4-6-13/h7-10,13,16-17H,1-6,11-12H2. The van der Waals surface area contributed by atoms with Crippen LogP contribution >= 0.6 is 0 Å². The minimum atomic E-state index is 0.0576. The van der Waals surface area contributed by atoms with Gasteiger partial charge in [0.15, 0.2) is 0 Å². The molecule has 100 valence electrons. The van der Waals surface area contributed by atoms with Crippen molar-refractivity contribution in [3.8, 4) is 5.75 Å². The highest BCUT2D eigenvalue weighted by atomic mass is 16.5. The second kappa shape index (κ2) is 7.27. The van der Waals surface area contributed by atoms with E-state index in [9.17, 15) is 0 Å². The first-order chi connectivity index (χ1) is 8.88. The zero-order chi connectivity index (χ0) is 12.6. The van der Waals surface area contributed by atoms with Gasteiger partial charge in [-0.15, -0.1) is 0 Å². The van der Waals surface area contributed by atoms with Gasteiger partial charge in [0.1, 0.15) is 12.4 Å². The Hall–Kier alpha value is -1.22. The van der Waals surface area contributed by atoms with Crippen LogP contribution in [0.25, 0.3) is 0 Å². The maximum absolute atomic E-state index is 8.69.